The predicted octanol–water partition coefficient (Wildman–Crippen LogP) is -2.79. The topological polar surface area (TPSA) is 144 Å². The Labute approximate surface area is 84.9 Å². The van der Waals surface area contributed by atoms with Gasteiger partial charge in [-0.1, -0.05) is 0 Å². The summed E-state index contributed by atoms with van der Waals surface area (Å²) in [5.41, 5.74) is 0. The molecule has 0 fully saturated rings. The van der Waals surface area contributed by atoms with E-state index < -0.39 is 35.9 Å². The quantitative estimate of drug-likeness (QED) is 0.242. The van der Waals surface area contributed by atoms with Gasteiger partial charge in [0.15, 0.2) is 0 Å². The first-order valence-corrected chi connectivity index (χ1v) is 4.05. The summed E-state index contributed by atoms with van der Waals surface area (Å²) < 4.78 is 0. The van der Waals surface area contributed by atoms with Crippen LogP contribution in [0.1, 0.15) is 0 Å². The second-order valence-corrected chi connectivity index (χ2v) is 2.85. The molecular formula is C7H13NO7. The minimum Gasteiger partial charge on any atom is -0.394 e. The van der Waals surface area contributed by atoms with Gasteiger partial charge in [-0.3, -0.25) is 10.1 Å². The van der Waals surface area contributed by atoms with E-state index >= 15 is 0 Å². The molecule has 0 saturated carbocycles. The molecule has 15 heavy (non-hydrogen) atoms. The molecule has 5 N–H and O–H groups in total. The Bertz CT molecular complexity index is 231. The van der Waals surface area contributed by atoms with Crippen LogP contribution in [0.5, 0.6) is 0 Å². The monoisotopic (exact) mass is 223 g/mol. The van der Waals surface area contributed by atoms with Crippen molar-refractivity contribution in [2.24, 2.45) is 0 Å². The van der Waals surface area contributed by atoms with Crippen LogP contribution in [0, 0.1) is 10.1 Å². The smallest absolute Gasteiger partial charge is 0.233 e. The second kappa shape index (κ2) is 6.43. The summed E-state index contributed by atoms with van der Waals surface area (Å²) in [6, 6.07) is 0. The van der Waals surface area contributed by atoms with Crippen molar-refractivity contribution in [3.63, 3.8) is 0 Å². The maximum atomic E-state index is 9.86. The van der Waals surface area contributed by atoms with Crippen LogP contribution >= 0.6 is 0 Å². The number of hydrogen-bond donors (Lipinski definition) is 5. The summed E-state index contributed by atoms with van der Waals surface area (Å²) in [5, 5.41) is 54.5. The van der Waals surface area contributed by atoms with E-state index in [0.29, 0.717) is 12.3 Å². The van der Waals surface area contributed by atoms with E-state index in [1.165, 1.54) is 0 Å². The van der Waals surface area contributed by atoms with Crippen LogP contribution in [0.15, 0.2) is 12.3 Å². The molecule has 0 unspecified atom stereocenters. The van der Waals surface area contributed by atoms with Gasteiger partial charge in [0.25, 0.3) is 0 Å². The molecule has 0 aliphatic heterocycles. The summed E-state index contributed by atoms with van der Waals surface area (Å²) in [4.78, 5) is 9.00. The summed E-state index contributed by atoms with van der Waals surface area (Å²) in [7, 11) is 0. The lowest BCUT2D eigenvalue weighted by Crippen LogP contribution is -2.45. The minimum absolute atomic E-state index is 0.395. The van der Waals surface area contributed by atoms with Crippen LogP contribution < -0.4 is 0 Å². The summed E-state index contributed by atoms with van der Waals surface area (Å²) >= 11 is 0. The van der Waals surface area contributed by atoms with Crippen molar-refractivity contribution in [3.05, 3.63) is 22.4 Å². The fourth-order valence-electron chi connectivity index (χ4n) is 0.810. The van der Waals surface area contributed by atoms with Gasteiger partial charge in [-0.05, 0) is 0 Å². The summed E-state index contributed by atoms with van der Waals surface area (Å²) in [6.45, 7) is -0.802. The number of hydrogen-bond acceptors (Lipinski definition) is 7. The van der Waals surface area contributed by atoms with Gasteiger partial charge in [0, 0.05) is 6.08 Å². The molecule has 0 aliphatic carbocycles. The average Bonchev–Trinajstić information content (AvgIpc) is 2.22. The van der Waals surface area contributed by atoms with Crippen molar-refractivity contribution in [1.29, 1.82) is 0 Å². The zero-order chi connectivity index (χ0) is 12.0. The van der Waals surface area contributed by atoms with E-state index in [4.69, 9.17) is 25.5 Å². The van der Waals surface area contributed by atoms with E-state index in [-0.39, 0.29) is 0 Å². The van der Waals surface area contributed by atoms with Crippen LogP contribution in [-0.4, -0.2) is 61.5 Å². The SMILES string of the molecule is O=[N+]([O-])C=C[C@@H](O)[C@@H](O)[C@H](O)[C@H](O)CO. The lowest BCUT2D eigenvalue weighted by Gasteiger charge is -2.23. The third-order valence-corrected chi connectivity index (χ3v) is 1.69. The van der Waals surface area contributed by atoms with Crippen LogP contribution in [-0.2, 0) is 0 Å². The molecule has 8 heteroatoms. The molecule has 0 bridgehead atoms. The predicted molar refractivity (Wildman–Crippen MR) is 47.2 cm³/mol. The molecule has 0 rings (SSSR count). The van der Waals surface area contributed by atoms with E-state index in [1.54, 1.807) is 0 Å². The summed E-state index contributed by atoms with van der Waals surface area (Å²) in [5.74, 6) is 0. The molecule has 0 aromatic heterocycles. The van der Waals surface area contributed by atoms with Crippen molar-refractivity contribution in [1.82, 2.24) is 0 Å². The fraction of sp³-hybridized carbons (Fsp3) is 0.714. The minimum atomic E-state index is -1.82. The molecule has 0 spiro atoms. The average molecular weight is 223 g/mol. The Morgan fingerprint density at radius 2 is 1.73 bits per heavy atom. The first-order valence-electron chi connectivity index (χ1n) is 4.05. The maximum absolute atomic E-state index is 9.86. The molecule has 0 aromatic rings. The van der Waals surface area contributed by atoms with Crippen LogP contribution in [0.3, 0.4) is 0 Å². The lowest BCUT2D eigenvalue weighted by atomic mass is 10.0. The van der Waals surface area contributed by atoms with Crippen molar-refractivity contribution in [3.8, 4) is 0 Å². The Morgan fingerprint density at radius 3 is 2.13 bits per heavy atom. The van der Waals surface area contributed by atoms with Gasteiger partial charge in [0.05, 0.1) is 11.5 Å². The van der Waals surface area contributed by atoms with Crippen molar-refractivity contribution < 1.29 is 30.5 Å². The van der Waals surface area contributed by atoms with Gasteiger partial charge >= 0.3 is 0 Å². The highest BCUT2D eigenvalue weighted by atomic mass is 16.6. The van der Waals surface area contributed by atoms with Crippen molar-refractivity contribution >= 4 is 0 Å². The van der Waals surface area contributed by atoms with E-state index in [9.17, 15) is 10.1 Å². The zero-order valence-electron chi connectivity index (χ0n) is 7.67. The second-order valence-electron chi connectivity index (χ2n) is 2.85. The van der Waals surface area contributed by atoms with E-state index in [0.717, 1.165) is 0 Å². The van der Waals surface area contributed by atoms with Gasteiger partial charge in [-0.15, -0.1) is 0 Å². The molecule has 88 valence electrons. The van der Waals surface area contributed by atoms with Crippen LogP contribution in [0.4, 0.5) is 0 Å². The Morgan fingerprint density at radius 1 is 1.20 bits per heavy atom. The van der Waals surface area contributed by atoms with Gasteiger partial charge in [0.1, 0.15) is 24.4 Å². The van der Waals surface area contributed by atoms with Gasteiger partial charge in [-0.25, -0.2) is 0 Å². The third-order valence-electron chi connectivity index (χ3n) is 1.69. The number of nitrogens with zero attached hydrogens (tertiary/aromatic N) is 1. The Kier molecular flexibility index (Phi) is 5.97. The molecule has 8 nitrogen and oxygen atoms in total. The molecule has 0 radical (unpaired) electrons. The molecule has 0 aliphatic rings. The van der Waals surface area contributed by atoms with Gasteiger partial charge in [0.2, 0.25) is 6.20 Å². The molecule has 0 aromatic carbocycles. The number of aliphatic hydroxyl groups excluding tert-OH is 5. The molecule has 4 atom stereocenters. The highest BCUT2D eigenvalue weighted by Gasteiger charge is 2.28. The molecule has 0 amide bonds. The molecule has 0 saturated heterocycles. The number of aliphatic hydroxyl groups is 5. The zero-order valence-corrected chi connectivity index (χ0v) is 7.67. The standard InChI is InChI=1S/C7H13NO7/c9-3-5(11)7(13)6(12)4(10)1-2-8(14)15/h1-2,4-7,9-13H,3H2/t4-,5-,6-,7-/m1/s1. The summed E-state index contributed by atoms with van der Waals surface area (Å²) in [6.07, 6.45) is -5.89. The van der Waals surface area contributed by atoms with E-state index in [2.05, 4.69) is 0 Å². The van der Waals surface area contributed by atoms with E-state index in [1.807, 2.05) is 0 Å². The van der Waals surface area contributed by atoms with Gasteiger partial charge < -0.3 is 25.5 Å². The van der Waals surface area contributed by atoms with Crippen molar-refractivity contribution in [2.75, 3.05) is 6.61 Å². The Balaban J connectivity index is 4.30. The highest BCUT2D eigenvalue weighted by Crippen LogP contribution is 2.05. The highest BCUT2D eigenvalue weighted by molar-refractivity contribution is 4.92. The van der Waals surface area contributed by atoms with Gasteiger partial charge in [-0.2, -0.15) is 0 Å². The lowest BCUT2D eigenvalue weighted by molar-refractivity contribution is -0.403. The van der Waals surface area contributed by atoms with Crippen molar-refractivity contribution in [2.45, 2.75) is 24.4 Å². The maximum Gasteiger partial charge on any atom is 0.233 e. The number of nitro groups is 1. The number of rotatable bonds is 6. The third kappa shape index (κ3) is 4.81. The first kappa shape index (κ1) is 13.9. The normalized spacial score (nSPS) is 19.8. The van der Waals surface area contributed by atoms with Crippen LogP contribution in [0.2, 0.25) is 0 Å². The Hall–Kier alpha value is -1.06. The molecule has 0 heterocycles. The largest absolute Gasteiger partial charge is 0.394 e. The molecular weight excluding hydrogens is 210 g/mol. The first-order chi connectivity index (χ1) is 6.90. The fourth-order valence-corrected chi connectivity index (χ4v) is 0.810. The van der Waals surface area contributed by atoms with Crippen LogP contribution in [0.25, 0.3) is 0 Å².